The molecular formula is C11H20N4O. The molecule has 1 heterocycles. The van der Waals surface area contributed by atoms with Crippen LogP contribution in [-0.4, -0.2) is 35.8 Å². The lowest BCUT2D eigenvalue weighted by atomic mass is 10.1. The van der Waals surface area contributed by atoms with Gasteiger partial charge in [0.1, 0.15) is 11.6 Å². The van der Waals surface area contributed by atoms with Gasteiger partial charge in [-0.05, 0) is 20.8 Å². The third-order valence-electron chi connectivity index (χ3n) is 1.96. The first-order valence-electron chi connectivity index (χ1n) is 5.40. The molecule has 0 amide bonds. The minimum absolute atomic E-state index is 0.158. The molecule has 0 spiro atoms. The Morgan fingerprint density at radius 3 is 2.62 bits per heavy atom. The van der Waals surface area contributed by atoms with E-state index in [2.05, 4.69) is 34.4 Å². The molecule has 0 aliphatic carbocycles. The van der Waals surface area contributed by atoms with E-state index in [1.165, 1.54) is 0 Å². The largest absolute Gasteiger partial charge is 0.382 e. The lowest BCUT2D eigenvalue weighted by Crippen LogP contribution is -2.36. The van der Waals surface area contributed by atoms with Crippen LogP contribution in [-0.2, 0) is 4.74 Å². The first kappa shape index (κ1) is 12.7. The van der Waals surface area contributed by atoms with Crippen molar-refractivity contribution in [2.75, 3.05) is 30.9 Å². The first-order valence-corrected chi connectivity index (χ1v) is 5.40. The molecule has 1 aromatic heterocycles. The van der Waals surface area contributed by atoms with Crippen molar-refractivity contribution < 1.29 is 4.74 Å². The standard InChI is InChI=1S/C11H20N4O/c1-5-13-9-6-12-7-10(14-9)15-11(2,3)8-16-4/h6-7H,5,8H2,1-4H3,(H2,13,14,15). The van der Waals surface area contributed by atoms with Gasteiger partial charge in [0.2, 0.25) is 0 Å². The molecule has 0 atom stereocenters. The predicted molar refractivity (Wildman–Crippen MR) is 65.8 cm³/mol. The van der Waals surface area contributed by atoms with E-state index in [0.29, 0.717) is 6.61 Å². The Morgan fingerprint density at radius 1 is 1.31 bits per heavy atom. The van der Waals surface area contributed by atoms with Crippen LogP contribution >= 0.6 is 0 Å². The number of rotatable bonds is 6. The highest BCUT2D eigenvalue weighted by atomic mass is 16.5. The van der Waals surface area contributed by atoms with E-state index in [9.17, 15) is 0 Å². The SMILES string of the molecule is CCNc1cncc(NC(C)(C)COC)n1. The van der Waals surface area contributed by atoms with Crippen molar-refractivity contribution >= 4 is 11.6 Å². The van der Waals surface area contributed by atoms with Crippen LogP contribution in [0, 0.1) is 0 Å². The van der Waals surface area contributed by atoms with Crippen LogP contribution < -0.4 is 10.6 Å². The zero-order valence-electron chi connectivity index (χ0n) is 10.4. The van der Waals surface area contributed by atoms with E-state index in [0.717, 1.165) is 18.2 Å². The van der Waals surface area contributed by atoms with Gasteiger partial charge in [-0.2, -0.15) is 0 Å². The van der Waals surface area contributed by atoms with Crippen molar-refractivity contribution in [3.05, 3.63) is 12.4 Å². The summed E-state index contributed by atoms with van der Waals surface area (Å²) in [4.78, 5) is 8.51. The van der Waals surface area contributed by atoms with Crippen LogP contribution in [0.15, 0.2) is 12.4 Å². The Bertz CT molecular complexity index is 328. The molecule has 0 saturated carbocycles. The van der Waals surface area contributed by atoms with Crippen molar-refractivity contribution in [3.63, 3.8) is 0 Å². The summed E-state index contributed by atoms with van der Waals surface area (Å²) in [6.07, 6.45) is 3.41. The zero-order valence-corrected chi connectivity index (χ0v) is 10.4. The van der Waals surface area contributed by atoms with Crippen LogP contribution in [0.3, 0.4) is 0 Å². The van der Waals surface area contributed by atoms with Crippen LogP contribution in [0.1, 0.15) is 20.8 Å². The zero-order chi connectivity index (χ0) is 12.0. The van der Waals surface area contributed by atoms with Crippen molar-refractivity contribution in [3.8, 4) is 0 Å². The van der Waals surface area contributed by atoms with Crippen LogP contribution in [0.5, 0.6) is 0 Å². The number of methoxy groups -OCH3 is 1. The highest BCUT2D eigenvalue weighted by Crippen LogP contribution is 2.13. The molecule has 0 aromatic carbocycles. The second-order valence-corrected chi connectivity index (χ2v) is 4.26. The minimum atomic E-state index is -0.158. The highest BCUT2D eigenvalue weighted by molar-refractivity contribution is 5.42. The quantitative estimate of drug-likeness (QED) is 0.771. The Morgan fingerprint density at radius 2 is 2.00 bits per heavy atom. The Kier molecular flexibility index (Phi) is 4.49. The number of ether oxygens (including phenoxy) is 1. The second-order valence-electron chi connectivity index (χ2n) is 4.26. The Labute approximate surface area is 96.6 Å². The normalized spacial score (nSPS) is 11.2. The summed E-state index contributed by atoms with van der Waals surface area (Å²) in [6, 6.07) is 0. The Balaban J connectivity index is 2.69. The van der Waals surface area contributed by atoms with Gasteiger partial charge in [-0.15, -0.1) is 0 Å². The average molecular weight is 224 g/mol. The van der Waals surface area contributed by atoms with Gasteiger partial charge in [-0.25, -0.2) is 4.98 Å². The molecule has 1 aromatic rings. The topological polar surface area (TPSA) is 59.1 Å². The summed E-state index contributed by atoms with van der Waals surface area (Å²) in [5.41, 5.74) is -0.158. The fourth-order valence-corrected chi connectivity index (χ4v) is 1.44. The molecule has 0 saturated heterocycles. The van der Waals surface area contributed by atoms with Gasteiger partial charge >= 0.3 is 0 Å². The van der Waals surface area contributed by atoms with E-state index in [1.807, 2.05) is 6.92 Å². The lowest BCUT2D eigenvalue weighted by Gasteiger charge is -2.25. The predicted octanol–water partition coefficient (Wildman–Crippen LogP) is 1.75. The molecule has 5 heteroatoms. The average Bonchev–Trinajstić information content (AvgIpc) is 2.17. The monoisotopic (exact) mass is 224 g/mol. The van der Waals surface area contributed by atoms with Gasteiger partial charge in [0, 0.05) is 13.7 Å². The molecule has 2 N–H and O–H groups in total. The smallest absolute Gasteiger partial charge is 0.147 e. The summed E-state index contributed by atoms with van der Waals surface area (Å²) in [5, 5.41) is 6.40. The highest BCUT2D eigenvalue weighted by Gasteiger charge is 2.17. The van der Waals surface area contributed by atoms with Crippen LogP contribution in [0.25, 0.3) is 0 Å². The number of aromatic nitrogens is 2. The van der Waals surface area contributed by atoms with E-state index in [-0.39, 0.29) is 5.54 Å². The van der Waals surface area contributed by atoms with Gasteiger partial charge in [0.25, 0.3) is 0 Å². The molecule has 90 valence electrons. The molecule has 16 heavy (non-hydrogen) atoms. The number of nitrogens with one attached hydrogen (secondary N) is 2. The Hall–Kier alpha value is -1.36. The van der Waals surface area contributed by atoms with Gasteiger partial charge in [-0.3, -0.25) is 4.98 Å². The molecule has 0 aliphatic rings. The van der Waals surface area contributed by atoms with Gasteiger partial charge in [-0.1, -0.05) is 0 Å². The summed E-state index contributed by atoms with van der Waals surface area (Å²) < 4.78 is 5.13. The van der Waals surface area contributed by atoms with E-state index >= 15 is 0 Å². The van der Waals surface area contributed by atoms with E-state index < -0.39 is 0 Å². The maximum atomic E-state index is 5.13. The van der Waals surface area contributed by atoms with Gasteiger partial charge < -0.3 is 15.4 Å². The third-order valence-corrected chi connectivity index (χ3v) is 1.96. The molecule has 0 fully saturated rings. The van der Waals surface area contributed by atoms with Gasteiger partial charge in [0.15, 0.2) is 0 Å². The maximum Gasteiger partial charge on any atom is 0.147 e. The molecular weight excluding hydrogens is 204 g/mol. The number of hydrogen-bond donors (Lipinski definition) is 2. The number of hydrogen-bond acceptors (Lipinski definition) is 5. The second kappa shape index (κ2) is 5.65. The third kappa shape index (κ3) is 4.02. The van der Waals surface area contributed by atoms with E-state index in [4.69, 9.17) is 4.74 Å². The lowest BCUT2D eigenvalue weighted by molar-refractivity contribution is 0.158. The van der Waals surface area contributed by atoms with Crippen LogP contribution in [0.2, 0.25) is 0 Å². The van der Waals surface area contributed by atoms with Crippen molar-refractivity contribution in [1.82, 2.24) is 9.97 Å². The minimum Gasteiger partial charge on any atom is -0.382 e. The number of anilines is 2. The molecule has 0 bridgehead atoms. The van der Waals surface area contributed by atoms with Crippen LogP contribution in [0.4, 0.5) is 11.6 Å². The molecule has 0 unspecified atom stereocenters. The van der Waals surface area contributed by atoms with E-state index in [1.54, 1.807) is 19.5 Å². The maximum absolute atomic E-state index is 5.13. The molecule has 5 nitrogen and oxygen atoms in total. The summed E-state index contributed by atoms with van der Waals surface area (Å²) in [6.45, 7) is 7.58. The van der Waals surface area contributed by atoms with Crippen molar-refractivity contribution in [2.24, 2.45) is 0 Å². The summed E-state index contributed by atoms with van der Waals surface area (Å²) >= 11 is 0. The fraction of sp³-hybridized carbons (Fsp3) is 0.636. The summed E-state index contributed by atoms with van der Waals surface area (Å²) in [5.74, 6) is 1.53. The molecule has 0 radical (unpaired) electrons. The van der Waals surface area contributed by atoms with Gasteiger partial charge in [0.05, 0.1) is 24.5 Å². The fourth-order valence-electron chi connectivity index (χ4n) is 1.44. The first-order chi connectivity index (χ1) is 7.57. The molecule has 0 aliphatic heterocycles. The van der Waals surface area contributed by atoms with Crippen molar-refractivity contribution in [2.45, 2.75) is 26.3 Å². The molecule has 1 rings (SSSR count). The summed E-state index contributed by atoms with van der Waals surface area (Å²) in [7, 11) is 1.68. The number of nitrogens with zero attached hydrogens (tertiary/aromatic N) is 2. The van der Waals surface area contributed by atoms with Crippen molar-refractivity contribution in [1.29, 1.82) is 0 Å².